The number of sulfonamides is 1. The molecule has 5 nitrogen and oxygen atoms in total. The van der Waals surface area contributed by atoms with Crippen LogP contribution in [0, 0.1) is 0 Å². The lowest BCUT2D eigenvalue weighted by Crippen LogP contribution is -2.37. The summed E-state index contributed by atoms with van der Waals surface area (Å²) in [5.41, 5.74) is 10.1. The van der Waals surface area contributed by atoms with Crippen LogP contribution in [-0.4, -0.2) is 20.3 Å². The van der Waals surface area contributed by atoms with Crippen molar-refractivity contribution in [3.8, 4) is 0 Å². The standard InChI is InChI=1S/C3H11N3O2S/c4-2-1-3(5)9(6,7)8/h3H,1-2,4-5H2,(H2,6,7,8). The molecule has 0 amide bonds. The first kappa shape index (κ1) is 8.83. The minimum atomic E-state index is -3.57. The zero-order valence-corrected chi connectivity index (χ0v) is 5.76. The average Bonchev–Trinajstić information content (AvgIpc) is 1.64. The fourth-order valence-electron chi connectivity index (χ4n) is 0.329. The number of primary sulfonamides is 1. The average molecular weight is 153 g/mol. The van der Waals surface area contributed by atoms with Crippen molar-refractivity contribution >= 4 is 10.0 Å². The Morgan fingerprint density at radius 3 is 2.00 bits per heavy atom. The molecular formula is C3H11N3O2S. The summed E-state index contributed by atoms with van der Waals surface area (Å²) in [6, 6.07) is 0. The van der Waals surface area contributed by atoms with Gasteiger partial charge in [0.25, 0.3) is 0 Å². The Bertz CT molecular complexity index is 164. The van der Waals surface area contributed by atoms with Crippen molar-refractivity contribution in [2.75, 3.05) is 6.54 Å². The lowest BCUT2D eigenvalue weighted by molar-refractivity contribution is 0.576. The van der Waals surface area contributed by atoms with Crippen LogP contribution in [0.15, 0.2) is 0 Å². The van der Waals surface area contributed by atoms with E-state index in [0.29, 0.717) is 0 Å². The van der Waals surface area contributed by atoms with Crippen molar-refractivity contribution in [1.29, 1.82) is 0 Å². The predicted molar refractivity (Wildman–Crippen MR) is 34.8 cm³/mol. The molecule has 56 valence electrons. The molecule has 0 aromatic heterocycles. The van der Waals surface area contributed by atoms with Crippen molar-refractivity contribution < 1.29 is 8.42 Å². The molecule has 0 saturated heterocycles. The Labute approximate surface area is 54.2 Å². The van der Waals surface area contributed by atoms with E-state index in [1.165, 1.54) is 0 Å². The SMILES string of the molecule is NCCC(N)S(N)(=O)=O. The number of nitrogens with two attached hydrogens (primary N) is 3. The maximum absolute atomic E-state index is 10.3. The highest BCUT2D eigenvalue weighted by atomic mass is 32.2. The van der Waals surface area contributed by atoms with E-state index in [9.17, 15) is 8.42 Å². The smallest absolute Gasteiger partial charge is 0.224 e. The van der Waals surface area contributed by atoms with Crippen LogP contribution in [-0.2, 0) is 10.0 Å². The van der Waals surface area contributed by atoms with E-state index in [1.807, 2.05) is 0 Å². The molecule has 0 radical (unpaired) electrons. The molecule has 1 atom stereocenters. The fraction of sp³-hybridized carbons (Fsp3) is 1.00. The van der Waals surface area contributed by atoms with Crippen LogP contribution in [0.5, 0.6) is 0 Å². The highest BCUT2D eigenvalue weighted by molar-refractivity contribution is 7.89. The predicted octanol–water partition coefficient (Wildman–Crippen LogP) is -2.09. The van der Waals surface area contributed by atoms with Crippen LogP contribution >= 0.6 is 0 Å². The van der Waals surface area contributed by atoms with Crippen molar-refractivity contribution in [3.05, 3.63) is 0 Å². The summed E-state index contributed by atoms with van der Waals surface area (Å²) < 4.78 is 20.6. The lowest BCUT2D eigenvalue weighted by atomic mass is 10.4. The van der Waals surface area contributed by atoms with E-state index in [-0.39, 0.29) is 13.0 Å². The third-order valence-electron chi connectivity index (χ3n) is 0.873. The Morgan fingerprint density at radius 1 is 1.44 bits per heavy atom. The van der Waals surface area contributed by atoms with Gasteiger partial charge >= 0.3 is 0 Å². The monoisotopic (exact) mass is 153 g/mol. The van der Waals surface area contributed by atoms with E-state index in [4.69, 9.17) is 11.5 Å². The highest BCUT2D eigenvalue weighted by Crippen LogP contribution is 1.90. The first-order chi connectivity index (χ1) is 3.98. The Kier molecular flexibility index (Phi) is 3.06. The highest BCUT2D eigenvalue weighted by Gasteiger charge is 2.13. The second kappa shape index (κ2) is 3.11. The first-order valence-corrected chi connectivity index (χ1v) is 4.06. The van der Waals surface area contributed by atoms with Crippen LogP contribution in [0.4, 0.5) is 0 Å². The molecule has 0 aliphatic carbocycles. The molecule has 0 spiro atoms. The number of hydrogen-bond donors (Lipinski definition) is 3. The van der Waals surface area contributed by atoms with Gasteiger partial charge in [0.1, 0.15) is 5.37 Å². The maximum atomic E-state index is 10.3. The molecule has 0 aromatic carbocycles. The Morgan fingerprint density at radius 2 is 1.89 bits per heavy atom. The third kappa shape index (κ3) is 3.41. The maximum Gasteiger partial charge on any atom is 0.224 e. The Hall–Kier alpha value is -0.170. The topological polar surface area (TPSA) is 112 Å². The molecular weight excluding hydrogens is 142 g/mol. The van der Waals surface area contributed by atoms with Gasteiger partial charge in [-0.1, -0.05) is 0 Å². The molecule has 0 rings (SSSR count). The van der Waals surface area contributed by atoms with Gasteiger partial charge in [-0.05, 0) is 13.0 Å². The molecule has 0 aliphatic heterocycles. The van der Waals surface area contributed by atoms with Crippen LogP contribution < -0.4 is 16.6 Å². The van der Waals surface area contributed by atoms with Crippen LogP contribution in [0.3, 0.4) is 0 Å². The van der Waals surface area contributed by atoms with Gasteiger partial charge < -0.3 is 11.5 Å². The van der Waals surface area contributed by atoms with Crippen molar-refractivity contribution in [2.45, 2.75) is 11.8 Å². The van der Waals surface area contributed by atoms with Gasteiger partial charge in [0.2, 0.25) is 10.0 Å². The van der Waals surface area contributed by atoms with E-state index >= 15 is 0 Å². The second-order valence-electron chi connectivity index (χ2n) is 1.70. The zero-order chi connectivity index (χ0) is 7.49. The van der Waals surface area contributed by atoms with Crippen LogP contribution in [0.25, 0.3) is 0 Å². The minimum Gasteiger partial charge on any atom is -0.330 e. The third-order valence-corrected chi connectivity index (χ3v) is 1.95. The number of hydrogen-bond acceptors (Lipinski definition) is 4. The molecule has 6 heteroatoms. The quantitative estimate of drug-likeness (QED) is 0.431. The normalized spacial score (nSPS) is 15.4. The van der Waals surface area contributed by atoms with Gasteiger partial charge in [-0.2, -0.15) is 0 Å². The molecule has 6 N–H and O–H groups in total. The summed E-state index contributed by atoms with van der Waals surface area (Å²) in [6.07, 6.45) is 0.207. The van der Waals surface area contributed by atoms with Crippen molar-refractivity contribution in [3.63, 3.8) is 0 Å². The van der Waals surface area contributed by atoms with Crippen LogP contribution in [0.1, 0.15) is 6.42 Å². The lowest BCUT2D eigenvalue weighted by Gasteiger charge is -2.04. The van der Waals surface area contributed by atoms with Gasteiger partial charge in [-0.3, -0.25) is 0 Å². The van der Waals surface area contributed by atoms with Gasteiger partial charge in [0.15, 0.2) is 0 Å². The number of rotatable bonds is 3. The molecule has 0 heterocycles. The summed E-state index contributed by atoms with van der Waals surface area (Å²) in [5.74, 6) is 0. The molecule has 0 aliphatic rings. The van der Waals surface area contributed by atoms with E-state index in [2.05, 4.69) is 5.14 Å². The molecule has 0 aromatic rings. The van der Waals surface area contributed by atoms with E-state index < -0.39 is 15.4 Å². The summed E-state index contributed by atoms with van der Waals surface area (Å²) in [4.78, 5) is 0. The zero-order valence-electron chi connectivity index (χ0n) is 4.95. The molecule has 9 heavy (non-hydrogen) atoms. The molecule has 0 fully saturated rings. The Balaban J connectivity index is 3.90. The van der Waals surface area contributed by atoms with Gasteiger partial charge in [-0.15, -0.1) is 0 Å². The van der Waals surface area contributed by atoms with Crippen molar-refractivity contribution in [1.82, 2.24) is 0 Å². The van der Waals surface area contributed by atoms with Crippen LogP contribution in [0.2, 0.25) is 0 Å². The van der Waals surface area contributed by atoms with Gasteiger partial charge in [-0.25, -0.2) is 13.6 Å². The summed E-state index contributed by atoms with van der Waals surface area (Å²) in [5, 5.41) is 3.65. The second-order valence-corrected chi connectivity index (χ2v) is 3.49. The minimum absolute atomic E-state index is 0.207. The van der Waals surface area contributed by atoms with Crippen molar-refractivity contribution in [2.24, 2.45) is 16.6 Å². The molecule has 1 unspecified atom stereocenters. The largest absolute Gasteiger partial charge is 0.330 e. The van der Waals surface area contributed by atoms with E-state index in [1.54, 1.807) is 0 Å². The van der Waals surface area contributed by atoms with Gasteiger partial charge in [0, 0.05) is 0 Å². The fourth-order valence-corrected chi connectivity index (χ4v) is 0.793. The van der Waals surface area contributed by atoms with E-state index in [0.717, 1.165) is 0 Å². The molecule has 0 saturated carbocycles. The van der Waals surface area contributed by atoms with Gasteiger partial charge in [0.05, 0.1) is 0 Å². The molecule has 0 bridgehead atoms. The summed E-state index contributed by atoms with van der Waals surface area (Å²) in [7, 11) is -3.57. The summed E-state index contributed by atoms with van der Waals surface area (Å²) in [6.45, 7) is 0.234. The summed E-state index contributed by atoms with van der Waals surface area (Å²) >= 11 is 0. The first-order valence-electron chi connectivity index (χ1n) is 2.45.